The number of Topliss-reactive ketones (excluding diaryl/α,β-unsaturated/α-hetero) is 1. The molecule has 0 saturated heterocycles. The Bertz CT molecular complexity index is 968. The van der Waals surface area contributed by atoms with E-state index < -0.39 is 5.41 Å². The maximum absolute atomic E-state index is 13.2. The summed E-state index contributed by atoms with van der Waals surface area (Å²) >= 11 is 9.67. The van der Waals surface area contributed by atoms with Crippen LogP contribution >= 0.6 is 27.5 Å². The van der Waals surface area contributed by atoms with Crippen LogP contribution in [0.25, 0.3) is 0 Å². The minimum Gasteiger partial charge on any atom is -0.298 e. The Morgan fingerprint density at radius 2 is 1.69 bits per heavy atom. The number of carbonyl (C=O) groups excluding carboxylic acids is 1. The maximum atomic E-state index is 13.2. The van der Waals surface area contributed by atoms with Crippen molar-refractivity contribution in [2.45, 2.75) is 26.2 Å². The topological polar surface area (TPSA) is 30.0 Å². The SMILES string of the molecule is CC(=O)C(c1ccc(Br)cc1)(c1ccnc(C)c1)c1ccc(Cl)cc1C. The van der Waals surface area contributed by atoms with Crippen LogP contribution in [0.4, 0.5) is 0 Å². The number of carbonyl (C=O) groups is 1. The van der Waals surface area contributed by atoms with E-state index in [-0.39, 0.29) is 5.78 Å². The summed E-state index contributed by atoms with van der Waals surface area (Å²) in [6, 6.07) is 17.5. The van der Waals surface area contributed by atoms with E-state index in [9.17, 15) is 4.79 Å². The average molecular weight is 429 g/mol. The number of hydrogen-bond acceptors (Lipinski definition) is 2. The lowest BCUT2D eigenvalue weighted by atomic mass is 9.66. The second-order valence-corrected chi connectivity index (χ2v) is 7.81. The molecule has 0 amide bonds. The summed E-state index contributed by atoms with van der Waals surface area (Å²) in [4.78, 5) is 17.5. The Balaban J connectivity index is 2.43. The molecular weight excluding hydrogens is 410 g/mol. The highest BCUT2D eigenvalue weighted by molar-refractivity contribution is 9.10. The van der Waals surface area contributed by atoms with E-state index in [1.165, 1.54) is 0 Å². The Labute approximate surface area is 167 Å². The molecule has 26 heavy (non-hydrogen) atoms. The smallest absolute Gasteiger partial charge is 0.149 e. The van der Waals surface area contributed by atoms with Crippen LogP contribution < -0.4 is 0 Å². The first-order chi connectivity index (χ1) is 12.4. The average Bonchev–Trinajstić information content (AvgIpc) is 2.58. The molecule has 0 bridgehead atoms. The lowest BCUT2D eigenvalue weighted by molar-refractivity contribution is -0.119. The maximum Gasteiger partial charge on any atom is 0.149 e. The van der Waals surface area contributed by atoms with E-state index in [0.717, 1.165) is 32.4 Å². The number of ketones is 1. The summed E-state index contributed by atoms with van der Waals surface area (Å²) in [5.74, 6) is 0.0517. The zero-order valence-electron chi connectivity index (χ0n) is 14.9. The van der Waals surface area contributed by atoms with E-state index in [1.54, 1.807) is 13.1 Å². The third kappa shape index (κ3) is 3.22. The van der Waals surface area contributed by atoms with Gasteiger partial charge in [0.05, 0.1) is 0 Å². The lowest BCUT2D eigenvalue weighted by Crippen LogP contribution is -2.37. The van der Waals surface area contributed by atoms with Crippen LogP contribution in [-0.4, -0.2) is 10.8 Å². The quantitative estimate of drug-likeness (QED) is 0.507. The van der Waals surface area contributed by atoms with Gasteiger partial charge in [-0.25, -0.2) is 0 Å². The largest absolute Gasteiger partial charge is 0.298 e. The number of benzene rings is 2. The van der Waals surface area contributed by atoms with Gasteiger partial charge < -0.3 is 0 Å². The van der Waals surface area contributed by atoms with Crippen molar-refractivity contribution in [1.82, 2.24) is 4.98 Å². The van der Waals surface area contributed by atoms with Gasteiger partial charge in [-0.2, -0.15) is 0 Å². The lowest BCUT2D eigenvalue weighted by Gasteiger charge is -2.35. The fraction of sp³-hybridized carbons (Fsp3) is 0.182. The third-order valence-corrected chi connectivity index (χ3v) is 5.49. The number of halogens is 2. The van der Waals surface area contributed by atoms with E-state index in [1.807, 2.05) is 68.4 Å². The molecule has 132 valence electrons. The molecule has 0 aliphatic carbocycles. The van der Waals surface area contributed by atoms with Gasteiger partial charge in [0.15, 0.2) is 0 Å². The predicted molar refractivity (Wildman–Crippen MR) is 110 cm³/mol. The van der Waals surface area contributed by atoms with Gasteiger partial charge in [0, 0.05) is 21.4 Å². The number of rotatable bonds is 4. The first-order valence-corrected chi connectivity index (χ1v) is 9.49. The minimum atomic E-state index is -0.914. The second-order valence-electron chi connectivity index (χ2n) is 6.46. The van der Waals surface area contributed by atoms with Crippen molar-refractivity contribution in [3.05, 3.63) is 98.2 Å². The second kappa shape index (κ2) is 7.34. The number of pyridine rings is 1. The number of hydrogen-bond donors (Lipinski definition) is 0. The van der Waals surface area contributed by atoms with E-state index in [2.05, 4.69) is 20.9 Å². The highest BCUT2D eigenvalue weighted by Crippen LogP contribution is 2.42. The van der Waals surface area contributed by atoms with Crippen molar-refractivity contribution in [3.8, 4) is 0 Å². The van der Waals surface area contributed by atoms with Gasteiger partial charge >= 0.3 is 0 Å². The van der Waals surface area contributed by atoms with Crippen molar-refractivity contribution in [1.29, 1.82) is 0 Å². The predicted octanol–water partition coefficient (Wildman–Crippen LogP) is 6.04. The van der Waals surface area contributed by atoms with E-state index >= 15 is 0 Å². The molecule has 1 aromatic heterocycles. The van der Waals surface area contributed by atoms with Gasteiger partial charge in [-0.1, -0.05) is 45.7 Å². The minimum absolute atomic E-state index is 0.0517. The van der Waals surface area contributed by atoms with E-state index in [0.29, 0.717) is 5.02 Å². The monoisotopic (exact) mass is 427 g/mol. The van der Waals surface area contributed by atoms with Gasteiger partial charge in [0.2, 0.25) is 0 Å². The Morgan fingerprint density at radius 1 is 1.00 bits per heavy atom. The summed E-state index contributed by atoms with van der Waals surface area (Å²) in [6.07, 6.45) is 1.76. The van der Waals surface area contributed by atoms with Crippen molar-refractivity contribution < 1.29 is 4.79 Å². The summed E-state index contributed by atoms with van der Waals surface area (Å²) in [7, 11) is 0. The molecule has 0 aliphatic heterocycles. The third-order valence-electron chi connectivity index (χ3n) is 4.73. The van der Waals surface area contributed by atoms with Crippen LogP contribution in [0, 0.1) is 13.8 Å². The molecule has 4 heteroatoms. The molecule has 3 rings (SSSR count). The number of nitrogens with zero attached hydrogens (tertiary/aromatic N) is 1. The molecule has 0 fully saturated rings. The summed E-state index contributed by atoms with van der Waals surface area (Å²) in [5.41, 5.74) is 3.70. The molecule has 0 N–H and O–H groups in total. The molecule has 0 aliphatic rings. The first-order valence-electron chi connectivity index (χ1n) is 8.32. The van der Waals surface area contributed by atoms with Crippen LogP contribution in [0.1, 0.15) is 34.9 Å². The fourth-order valence-corrected chi connectivity index (χ4v) is 4.09. The number of aromatic nitrogens is 1. The molecule has 1 heterocycles. The van der Waals surface area contributed by atoms with E-state index in [4.69, 9.17) is 11.6 Å². The zero-order valence-corrected chi connectivity index (χ0v) is 17.2. The zero-order chi connectivity index (χ0) is 18.9. The Hall–Kier alpha value is -1.97. The van der Waals surface area contributed by atoms with Crippen LogP contribution in [0.2, 0.25) is 5.02 Å². The normalized spacial score (nSPS) is 13.3. The summed E-state index contributed by atoms with van der Waals surface area (Å²) in [6.45, 7) is 5.57. The van der Waals surface area contributed by atoms with Gasteiger partial charge in [0.25, 0.3) is 0 Å². The van der Waals surface area contributed by atoms with Crippen molar-refractivity contribution in [2.24, 2.45) is 0 Å². The van der Waals surface area contributed by atoms with Crippen molar-refractivity contribution in [3.63, 3.8) is 0 Å². The van der Waals surface area contributed by atoms with Crippen LogP contribution in [0.3, 0.4) is 0 Å². The highest BCUT2D eigenvalue weighted by Gasteiger charge is 2.42. The van der Waals surface area contributed by atoms with Gasteiger partial charge in [-0.15, -0.1) is 0 Å². The molecule has 1 unspecified atom stereocenters. The molecule has 0 saturated carbocycles. The van der Waals surface area contributed by atoms with Crippen LogP contribution in [0.5, 0.6) is 0 Å². The molecule has 2 aromatic carbocycles. The van der Waals surface area contributed by atoms with Gasteiger partial charge in [0.1, 0.15) is 11.2 Å². The summed E-state index contributed by atoms with van der Waals surface area (Å²) < 4.78 is 0.970. The molecule has 0 spiro atoms. The van der Waals surface area contributed by atoms with Crippen molar-refractivity contribution in [2.75, 3.05) is 0 Å². The van der Waals surface area contributed by atoms with Crippen LogP contribution in [0.15, 0.2) is 65.3 Å². The number of aryl methyl sites for hydroxylation is 2. The Morgan fingerprint density at radius 3 is 2.27 bits per heavy atom. The molecule has 3 aromatic rings. The highest BCUT2D eigenvalue weighted by atomic mass is 79.9. The van der Waals surface area contributed by atoms with Crippen LogP contribution in [-0.2, 0) is 10.2 Å². The van der Waals surface area contributed by atoms with Crippen molar-refractivity contribution >= 4 is 33.3 Å². The Kier molecular flexibility index (Phi) is 5.31. The van der Waals surface area contributed by atoms with Gasteiger partial charge in [-0.3, -0.25) is 9.78 Å². The molecule has 2 nitrogen and oxygen atoms in total. The standard InChI is InChI=1S/C22H19BrClNO/c1-14-12-20(24)8-9-21(14)22(16(3)26,17-4-6-19(23)7-5-17)18-10-11-25-15(2)13-18/h4-13H,1-3H3. The first kappa shape index (κ1) is 18.8. The molecule has 1 atom stereocenters. The fourth-order valence-electron chi connectivity index (χ4n) is 3.60. The summed E-state index contributed by atoms with van der Waals surface area (Å²) in [5, 5.41) is 0.658. The molecular formula is C22H19BrClNO. The van der Waals surface area contributed by atoms with Gasteiger partial charge in [-0.05, 0) is 79.4 Å². The molecule has 0 radical (unpaired) electrons.